The maximum Gasteiger partial charge on any atom is 0.228 e. The van der Waals surface area contributed by atoms with Crippen LogP contribution in [0.15, 0.2) is 48.6 Å². The van der Waals surface area contributed by atoms with Crippen molar-refractivity contribution in [1.82, 2.24) is 29.5 Å². The third-order valence-electron chi connectivity index (χ3n) is 6.57. The van der Waals surface area contributed by atoms with E-state index in [9.17, 15) is 4.39 Å². The van der Waals surface area contributed by atoms with E-state index in [0.29, 0.717) is 17.3 Å². The summed E-state index contributed by atoms with van der Waals surface area (Å²) in [6.07, 6.45) is 10.4. The van der Waals surface area contributed by atoms with Crippen LogP contribution in [0.5, 0.6) is 0 Å². The Balaban J connectivity index is 1.38. The zero-order chi connectivity index (χ0) is 22.5. The van der Waals surface area contributed by atoms with E-state index in [1.54, 1.807) is 10.7 Å². The van der Waals surface area contributed by atoms with E-state index in [-0.39, 0.29) is 12.0 Å². The summed E-state index contributed by atoms with van der Waals surface area (Å²) in [4.78, 5) is 18.1. The molecule has 0 unspecified atom stereocenters. The van der Waals surface area contributed by atoms with Crippen LogP contribution in [-0.4, -0.2) is 35.6 Å². The van der Waals surface area contributed by atoms with Crippen LogP contribution >= 0.6 is 0 Å². The van der Waals surface area contributed by atoms with Crippen LogP contribution in [0.4, 0.5) is 10.3 Å². The standard InChI is InChI=1S/C25H24FN7/c1-14(2)21-13-29-33-24(21)31-23(17-9-18(26)12-27-11-17)32-25(33)30-19-6-5-15-8-16-4-3-7-28-22(16)20(15)10-19/h3-4,7,9,11-14,19H,5-6,8,10H2,1-2H3,(H,30,31,32)/t19-/m1/s1. The lowest BCUT2D eigenvalue weighted by Gasteiger charge is -2.25. The first-order valence-corrected chi connectivity index (χ1v) is 11.3. The van der Waals surface area contributed by atoms with E-state index in [1.165, 1.54) is 29.0 Å². The summed E-state index contributed by atoms with van der Waals surface area (Å²) >= 11 is 0. The smallest absolute Gasteiger partial charge is 0.228 e. The molecule has 0 saturated carbocycles. The molecule has 0 saturated heterocycles. The molecule has 0 aliphatic heterocycles. The molecule has 0 fully saturated rings. The van der Waals surface area contributed by atoms with E-state index < -0.39 is 5.82 Å². The molecule has 0 amide bonds. The van der Waals surface area contributed by atoms with Crippen LogP contribution in [0.25, 0.3) is 22.6 Å². The number of nitrogens with one attached hydrogen (secondary N) is 1. The van der Waals surface area contributed by atoms with Crippen LogP contribution in [0.2, 0.25) is 0 Å². The summed E-state index contributed by atoms with van der Waals surface area (Å²) < 4.78 is 15.6. The zero-order valence-electron chi connectivity index (χ0n) is 18.6. The second kappa shape index (κ2) is 7.72. The Kier molecular flexibility index (Phi) is 4.67. The highest BCUT2D eigenvalue weighted by Gasteiger charge is 2.30. The molecule has 1 N–H and O–H groups in total. The Morgan fingerprint density at radius 2 is 2.09 bits per heavy atom. The minimum absolute atomic E-state index is 0.194. The average molecular weight is 442 g/mol. The van der Waals surface area contributed by atoms with Gasteiger partial charge in [-0.05, 0) is 54.9 Å². The Labute approximate surface area is 190 Å². The Bertz CT molecular complexity index is 1410. The number of hydrogen-bond donors (Lipinski definition) is 1. The van der Waals surface area contributed by atoms with Gasteiger partial charge in [0.05, 0.1) is 18.1 Å². The lowest BCUT2D eigenvalue weighted by Crippen LogP contribution is -2.25. The number of rotatable bonds is 4. The molecule has 6 rings (SSSR count). The van der Waals surface area contributed by atoms with Gasteiger partial charge >= 0.3 is 0 Å². The lowest BCUT2D eigenvalue weighted by molar-refractivity contribution is 0.621. The van der Waals surface area contributed by atoms with Crippen LogP contribution in [0, 0.1) is 5.82 Å². The molecule has 8 heteroatoms. The molecular formula is C25H24FN7. The molecule has 33 heavy (non-hydrogen) atoms. The van der Waals surface area contributed by atoms with Gasteiger partial charge in [-0.15, -0.1) is 0 Å². The minimum atomic E-state index is -0.415. The molecule has 7 nitrogen and oxygen atoms in total. The number of anilines is 1. The van der Waals surface area contributed by atoms with Gasteiger partial charge in [-0.25, -0.2) is 9.37 Å². The van der Waals surface area contributed by atoms with Crippen LogP contribution in [0.3, 0.4) is 0 Å². The number of fused-ring (bicyclic) bond motifs is 3. The normalized spacial score (nSPS) is 17.5. The molecule has 4 aromatic rings. The third-order valence-corrected chi connectivity index (χ3v) is 6.57. The summed E-state index contributed by atoms with van der Waals surface area (Å²) in [5.41, 5.74) is 7.61. The predicted octanol–water partition coefficient (Wildman–Crippen LogP) is 4.82. The number of halogens is 1. The fraction of sp³-hybridized carbons (Fsp3) is 0.320. The highest BCUT2D eigenvalue weighted by molar-refractivity contribution is 5.75. The molecule has 2 aliphatic rings. The zero-order valence-corrected chi connectivity index (χ0v) is 18.6. The van der Waals surface area contributed by atoms with Gasteiger partial charge in [0.2, 0.25) is 5.95 Å². The number of allylic oxidation sites excluding steroid dienone is 1. The van der Waals surface area contributed by atoms with Crippen LogP contribution in [-0.2, 0) is 6.42 Å². The molecule has 166 valence electrons. The molecule has 0 spiro atoms. The van der Waals surface area contributed by atoms with Gasteiger partial charge in [0, 0.05) is 29.6 Å². The summed E-state index contributed by atoms with van der Waals surface area (Å²) in [7, 11) is 0. The van der Waals surface area contributed by atoms with Crippen LogP contribution < -0.4 is 5.32 Å². The molecule has 1 atom stereocenters. The Morgan fingerprint density at radius 1 is 1.18 bits per heavy atom. The van der Waals surface area contributed by atoms with Crippen molar-refractivity contribution in [2.45, 2.75) is 51.5 Å². The van der Waals surface area contributed by atoms with E-state index in [0.717, 1.165) is 42.6 Å². The first-order valence-electron chi connectivity index (χ1n) is 11.3. The van der Waals surface area contributed by atoms with Crippen molar-refractivity contribution in [2.75, 3.05) is 5.32 Å². The van der Waals surface area contributed by atoms with Crippen molar-refractivity contribution < 1.29 is 4.39 Å². The first-order chi connectivity index (χ1) is 16.1. The quantitative estimate of drug-likeness (QED) is 0.489. The lowest BCUT2D eigenvalue weighted by atomic mass is 9.89. The number of nitrogens with zero attached hydrogens (tertiary/aromatic N) is 6. The van der Waals surface area contributed by atoms with Crippen LogP contribution in [0.1, 0.15) is 55.8 Å². The maximum atomic E-state index is 13.9. The van der Waals surface area contributed by atoms with E-state index in [1.807, 2.05) is 18.5 Å². The van der Waals surface area contributed by atoms with Crippen molar-refractivity contribution in [1.29, 1.82) is 0 Å². The van der Waals surface area contributed by atoms with Crippen molar-refractivity contribution in [3.05, 3.63) is 71.2 Å². The fourth-order valence-corrected chi connectivity index (χ4v) is 4.90. The van der Waals surface area contributed by atoms with E-state index in [2.05, 4.69) is 40.3 Å². The first kappa shape index (κ1) is 20.0. The molecule has 4 aromatic heterocycles. The van der Waals surface area contributed by atoms with E-state index >= 15 is 0 Å². The summed E-state index contributed by atoms with van der Waals surface area (Å²) in [5.74, 6) is 0.872. The van der Waals surface area contributed by atoms with Crippen molar-refractivity contribution in [2.24, 2.45) is 0 Å². The highest BCUT2D eigenvalue weighted by atomic mass is 19.1. The molecule has 2 aliphatic carbocycles. The number of pyridine rings is 2. The van der Waals surface area contributed by atoms with Gasteiger partial charge in [-0.3, -0.25) is 9.97 Å². The minimum Gasteiger partial charge on any atom is -0.351 e. The summed E-state index contributed by atoms with van der Waals surface area (Å²) in [6, 6.07) is 5.79. The second-order valence-corrected chi connectivity index (χ2v) is 9.11. The summed E-state index contributed by atoms with van der Waals surface area (Å²) in [6.45, 7) is 4.21. The second-order valence-electron chi connectivity index (χ2n) is 9.11. The fourth-order valence-electron chi connectivity index (χ4n) is 4.90. The number of hydrogen-bond acceptors (Lipinski definition) is 6. The topological polar surface area (TPSA) is 80.9 Å². The molecule has 0 bridgehead atoms. The largest absolute Gasteiger partial charge is 0.351 e. The van der Waals surface area contributed by atoms with Gasteiger partial charge in [-0.1, -0.05) is 25.5 Å². The maximum absolute atomic E-state index is 13.9. The van der Waals surface area contributed by atoms with Gasteiger partial charge in [0.15, 0.2) is 11.5 Å². The van der Waals surface area contributed by atoms with Gasteiger partial charge in [-0.2, -0.15) is 14.6 Å². The predicted molar refractivity (Wildman–Crippen MR) is 124 cm³/mol. The van der Waals surface area contributed by atoms with Crippen molar-refractivity contribution in [3.8, 4) is 11.4 Å². The molecule has 0 radical (unpaired) electrons. The van der Waals surface area contributed by atoms with E-state index in [4.69, 9.17) is 9.97 Å². The number of aromatic nitrogens is 6. The van der Waals surface area contributed by atoms with Crippen molar-refractivity contribution in [3.63, 3.8) is 0 Å². The monoisotopic (exact) mass is 441 g/mol. The van der Waals surface area contributed by atoms with Gasteiger partial charge < -0.3 is 5.32 Å². The SMILES string of the molecule is CC(C)c1cnn2c(N[C@@H]3CCC4=C(C3)c3ncccc3C4)nc(-c3cncc(F)c3)nc12. The van der Waals surface area contributed by atoms with Crippen molar-refractivity contribution >= 4 is 17.2 Å². The highest BCUT2D eigenvalue weighted by Crippen LogP contribution is 2.41. The van der Waals surface area contributed by atoms with Gasteiger partial charge in [0.25, 0.3) is 0 Å². The van der Waals surface area contributed by atoms with Gasteiger partial charge in [0.1, 0.15) is 5.82 Å². The third kappa shape index (κ3) is 3.46. The Hall–Kier alpha value is -3.68. The summed E-state index contributed by atoms with van der Waals surface area (Å²) in [5, 5.41) is 8.19. The average Bonchev–Trinajstić information content (AvgIpc) is 3.41. The molecular weight excluding hydrogens is 417 g/mol. The molecule has 4 heterocycles. The Morgan fingerprint density at radius 3 is 2.94 bits per heavy atom. The molecule has 0 aromatic carbocycles.